The van der Waals surface area contributed by atoms with Crippen molar-refractivity contribution in [3.05, 3.63) is 11.6 Å². The molecule has 2 N–H and O–H groups in total. The van der Waals surface area contributed by atoms with E-state index in [9.17, 15) is 9.59 Å². The molecule has 82 valence electrons. The van der Waals surface area contributed by atoms with Crippen molar-refractivity contribution >= 4 is 11.9 Å². The van der Waals surface area contributed by atoms with Gasteiger partial charge in [-0.2, -0.15) is 0 Å². The summed E-state index contributed by atoms with van der Waals surface area (Å²) in [6.45, 7) is 0.261. The standard InChI is InChI=1S/C10H13NO4/c12-9(13)6-1-2-7-3-4-8(10(14)15)11(7)5-6/h1,7-8H,2-5H2,(H,12,13)(H,14,15). The summed E-state index contributed by atoms with van der Waals surface area (Å²) in [6, 6.07) is -0.285. The maximum Gasteiger partial charge on any atom is 0.332 e. The Morgan fingerprint density at radius 3 is 2.67 bits per heavy atom. The molecule has 2 aliphatic rings. The van der Waals surface area contributed by atoms with Crippen LogP contribution >= 0.6 is 0 Å². The summed E-state index contributed by atoms with van der Waals surface area (Å²) in [7, 11) is 0. The number of nitrogens with zero attached hydrogens (tertiary/aromatic N) is 1. The van der Waals surface area contributed by atoms with E-state index >= 15 is 0 Å². The summed E-state index contributed by atoms with van der Waals surface area (Å²) in [4.78, 5) is 23.5. The van der Waals surface area contributed by atoms with Gasteiger partial charge in [-0.1, -0.05) is 6.08 Å². The van der Waals surface area contributed by atoms with Crippen molar-refractivity contribution in [3.8, 4) is 0 Å². The van der Waals surface area contributed by atoms with Crippen LogP contribution in [-0.4, -0.2) is 45.7 Å². The third-order valence-electron chi connectivity index (χ3n) is 3.19. The Labute approximate surface area is 87.0 Å². The normalized spacial score (nSPS) is 30.8. The van der Waals surface area contributed by atoms with E-state index in [1.807, 2.05) is 0 Å². The van der Waals surface area contributed by atoms with Crippen molar-refractivity contribution < 1.29 is 19.8 Å². The third kappa shape index (κ3) is 1.74. The molecule has 0 radical (unpaired) electrons. The Kier molecular flexibility index (Phi) is 2.48. The highest BCUT2D eigenvalue weighted by molar-refractivity contribution is 5.87. The molecular weight excluding hydrogens is 198 g/mol. The van der Waals surface area contributed by atoms with Crippen LogP contribution in [-0.2, 0) is 9.59 Å². The molecule has 0 amide bonds. The summed E-state index contributed by atoms with van der Waals surface area (Å²) in [5.41, 5.74) is 0.319. The fourth-order valence-corrected chi connectivity index (χ4v) is 2.39. The minimum atomic E-state index is -0.940. The van der Waals surface area contributed by atoms with Crippen LogP contribution in [0.5, 0.6) is 0 Å². The molecule has 0 spiro atoms. The van der Waals surface area contributed by atoms with Gasteiger partial charge in [-0.25, -0.2) is 4.79 Å². The number of hydrogen-bond acceptors (Lipinski definition) is 3. The average molecular weight is 211 g/mol. The summed E-state index contributed by atoms with van der Waals surface area (Å²) >= 11 is 0. The zero-order valence-corrected chi connectivity index (χ0v) is 8.22. The van der Waals surface area contributed by atoms with Gasteiger partial charge in [-0.3, -0.25) is 9.69 Å². The van der Waals surface area contributed by atoms with E-state index in [0.29, 0.717) is 18.4 Å². The van der Waals surface area contributed by atoms with Crippen molar-refractivity contribution in [2.45, 2.75) is 31.3 Å². The molecule has 1 fully saturated rings. The van der Waals surface area contributed by atoms with Gasteiger partial charge in [0.25, 0.3) is 0 Å². The van der Waals surface area contributed by atoms with Crippen LogP contribution in [0.1, 0.15) is 19.3 Å². The lowest BCUT2D eigenvalue weighted by Gasteiger charge is -2.30. The van der Waals surface area contributed by atoms with Crippen molar-refractivity contribution in [1.82, 2.24) is 4.90 Å². The number of rotatable bonds is 2. The van der Waals surface area contributed by atoms with E-state index in [2.05, 4.69) is 0 Å². The van der Waals surface area contributed by atoms with Crippen LogP contribution < -0.4 is 0 Å². The zero-order valence-electron chi connectivity index (χ0n) is 8.22. The number of aliphatic carboxylic acids is 2. The molecule has 2 aliphatic heterocycles. The molecule has 15 heavy (non-hydrogen) atoms. The Morgan fingerprint density at radius 1 is 1.33 bits per heavy atom. The van der Waals surface area contributed by atoms with Gasteiger partial charge in [0.05, 0.1) is 0 Å². The van der Waals surface area contributed by atoms with Crippen molar-refractivity contribution in [3.63, 3.8) is 0 Å². The van der Waals surface area contributed by atoms with Crippen LogP contribution in [0.3, 0.4) is 0 Å². The lowest BCUT2D eigenvalue weighted by Crippen LogP contribution is -2.44. The fourth-order valence-electron chi connectivity index (χ4n) is 2.39. The summed E-state index contributed by atoms with van der Waals surface area (Å²) in [6.07, 6.45) is 3.85. The van der Waals surface area contributed by atoms with Crippen LogP contribution in [0.4, 0.5) is 0 Å². The molecule has 2 rings (SSSR count). The molecule has 0 aromatic carbocycles. The van der Waals surface area contributed by atoms with Gasteiger partial charge in [0.1, 0.15) is 6.04 Å². The molecule has 0 bridgehead atoms. The molecular formula is C10H13NO4. The lowest BCUT2D eigenvalue weighted by molar-refractivity contribution is -0.143. The summed E-state index contributed by atoms with van der Waals surface area (Å²) in [5, 5.41) is 17.8. The fraction of sp³-hybridized carbons (Fsp3) is 0.600. The molecule has 0 aliphatic carbocycles. The Balaban J connectivity index is 2.15. The molecule has 5 nitrogen and oxygen atoms in total. The first-order valence-corrected chi connectivity index (χ1v) is 5.00. The minimum absolute atomic E-state index is 0.217. The van der Waals surface area contributed by atoms with E-state index < -0.39 is 18.0 Å². The number of carboxylic acids is 2. The zero-order chi connectivity index (χ0) is 11.0. The first kappa shape index (κ1) is 10.2. The molecule has 2 atom stereocenters. The molecule has 2 unspecified atom stereocenters. The van der Waals surface area contributed by atoms with E-state index in [0.717, 1.165) is 6.42 Å². The van der Waals surface area contributed by atoms with Gasteiger partial charge in [-0.15, -0.1) is 0 Å². The number of carboxylic acid groups (broad SMARTS) is 2. The van der Waals surface area contributed by atoms with Crippen LogP contribution in [0, 0.1) is 0 Å². The molecule has 1 saturated heterocycles. The van der Waals surface area contributed by atoms with Gasteiger partial charge in [0, 0.05) is 18.2 Å². The van der Waals surface area contributed by atoms with Crippen molar-refractivity contribution in [2.24, 2.45) is 0 Å². The second-order valence-electron chi connectivity index (χ2n) is 4.03. The molecule has 2 heterocycles. The average Bonchev–Trinajstić information content (AvgIpc) is 2.59. The topological polar surface area (TPSA) is 77.8 Å². The van der Waals surface area contributed by atoms with Crippen LogP contribution in [0.15, 0.2) is 11.6 Å². The Bertz CT molecular complexity index is 336. The van der Waals surface area contributed by atoms with E-state index in [1.165, 1.54) is 0 Å². The highest BCUT2D eigenvalue weighted by Gasteiger charge is 2.40. The number of hydrogen-bond donors (Lipinski definition) is 2. The van der Waals surface area contributed by atoms with E-state index in [-0.39, 0.29) is 12.6 Å². The van der Waals surface area contributed by atoms with Gasteiger partial charge < -0.3 is 10.2 Å². The predicted molar refractivity (Wildman–Crippen MR) is 51.5 cm³/mol. The first-order chi connectivity index (χ1) is 7.09. The Hall–Kier alpha value is -1.36. The van der Waals surface area contributed by atoms with E-state index in [4.69, 9.17) is 10.2 Å². The Morgan fingerprint density at radius 2 is 2.07 bits per heavy atom. The largest absolute Gasteiger partial charge is 0.480 e. The molecule has 0 saturated carbocycles. The van der Waals surface area contributed by atoms with Gasteiger partial charge >= 0.3 is 11.9 Å². The smallest absolute Gasteiger partial charge is 0.332 e. The maximum atomic E-state index is 10.9. The monoisotopic (exact) mass is 211 g/mol. The number of fused-ring (bicyclic) bond motifs is 1. The van der Waals surface area contributed by atoms with Crippen LogP contribution in [0.25, 0.3) is 0 Å². The highest BCUT2D eigenvalue weighted by atomic mass is 16.4. The highest BCUT2D eigenvalue weighted by Crippen LogP contribution is 2.31. The summed E-state index contributed by atoms with van der Waals surface area (Å²) in [5.74, 6) is -1.78. The number of carbonyl (C=O) groups is 2. The van der Waals surface area contributed by atoms with Crippen molar-refractivity contribution in [2.75, 3.05) is 6.54 Å². The molecule has 0 aromatic rings. The lowest BCUT2D eigenvalue weighted by atomic mass is 10.0. The van der Waals surface area contributed by atoms with Crippen LogP contribution in [0.2, 0.25) is 0 Å². The van der Waals surface area contributed by atoms with Crippen molar-refractivity contribution in [1.29, 1.82) is 0 Å². The minimum Gasteiger partial charge on any atom is -0.480 e. The molecule has 5 heteroatoms. The van der Waals surface area contributed by atoms with Gasteiger partial charge in [0.15, 0.2) is 0 Å². The summed E-state index contributed by atoms with van der Waals surface area (Å²) < 4.78 is 0. The second-order valence-corrected chi connectivity index (χ2v) is 4.03. The predicted octanol–water partition coefficient (Wildman–Crippen LogP) is 0.319. The first-order valence-electron chi connectivity index (χ1n) is 5.00. The molecule has 0 aromatic heterocycles. The maximum absolute atomic E-state index is 10.9. The SMILES string of the molecule is O=C(O)C1=CCC2CCC(C(=O)O)N2C1. The van der Waals surface area contributed by atoms with Gasteiger partial charge in [-0.05, 0) is 19.3 Å². The van der Waals surface area contributed by atoms with E-state index in [1.54, 1.807) is 11.0 Å². The second kappa shape index (κ2) is 3.66. The van der Waals surface area contributed by atoms with Gasteiger partial charge in [0.2, 0.25) is 0 Å². The third-order valence-corrected chi connectivity index (χ3v) is 3.19. The quantitative estimate of drug-likeness (QED) is 0.687.